The molecule has 0 aliphatic rings. The van der Waals surface area contributed by atoms with Crippen molar-refractivity contribution in [2.75, 3.05) is 7.05 Å². The van der Waals surface area contributed by atoms with E-state index in [-0.39, 0.29) is 0 Å². The molecule has 110 valence electrons. The van der Waals surface area contributed by atoms with Gasteiger partial charge >= 0.3 is 5.69 Å². The molecular weight excluding hydrogens is 274 g/mol. The molecule has 0 bridgehead atoms. The second-order valence-electron chi connectivity index (χ2n) is 4.59. The molecule has 2 rings (SSSR count). The molecule has 0 aliphatic heterocycles. The summed E-state index contributed by atoms with van der Waals surface area (Å²) in [6.45, 7) is 3.63. The van der Waals surface area contributed by atoms with E-state index in [9.17, 15) is 19.5 Å². The lowest BCUT2D eigenvalue weighted by atomic mass is 10.1. The average Bonchev–Trinajstić information content (AvgIpc) is 2.42. The molecule has 0 saturated carbocycles. The summed E-state index contributed by atoms with van der Waals surface area (Å²) in [6, 6.07) is 5.19. The minimum Gasteiger partial charge on any atom is -0.493 e. The number of aromatic nitrogens is 2. The van der Waals surface area contributed by atoms with Gasteiger partial charge in [0.05, 0.1) is 5.69 Å². The van der Waals surface area contributed by atoms with Crippen LogP contribution >= 0.6 is 0 Å². The van der Waals surface area contributed by atoms with Crippen LogP contribution in [-0.2, 0) is 0 Å². The Bertz CT molecular complexity index is 833. The number of amides is 1. The molecular formula is C14H15N3O4. The Balaban J connectivity index is 2.88. The molecule has 3 N–H and O–H groups in total. The molecule has 0 spiro atoms. The van der Waals surface area contributed by atoms with Crippen LogP contribution in [0.5, 0.6) is 5.88 Å². The van der Waals surface area contributed by atoms with E-state index >= 15 is 0 Å². The van der Waals surface area contributed by atoms with Crippen LogP contribution in [0.4, 0.5) is 0 Å². The zero-order valence-electron chi connectivity index (χ0n) is 11.9. The number of carbonyl (C=O) groups is 1. The predicted octanol–water partition coefficient (Wildman–Crippen LogP) is 0.208. The zero-order chi connectivity index (χ0) is 15.7. The van der Waals surface area contributed by atoms with Crippen molar-refractivity contribution >= 4 is 5.91 Å². The van der Waals surface area contributed by atoms with Crippen molar-refractivity contribution in [1.82, 2.24) is 14.9 Å². The van der Waals surface area contributed by atoms with E-state index in [1.54, 1.807) is 19.1 Å². The van der Waals surface area contributed by atoms with Crippen LogP contribution in [0.25, 0.3) is 5.69 Å². The van der Waals surface area contributed by atoms with E-state index in [0.29, 0.717) is 5.69 Å². The molecule has 2 aromatic rings. The molecule has 0 fully saturated rings. The van der Waals surface area contributed by atoms with Crippen molar-refractivity contribution in [3.05, 3.63) is 55.7 Å². The number of hydrogen-bond donors (Lipinski definition) is 3. The van der Waals surface area contributed by atoms with E-state index < -0.39 is 28.6 Å². The number of hydrogen-bond acceptors (Lipinski definition) is 4. The van der Waals surface area contributed by atoms with Crippen LogP contribution in [0.15, 0.2) is 27.8 Å². The first-order chi connectivity index (χ1) is 9.88. The number of nitrogens with zero attached hydrogens (tertiary/aromatic N) is 1. The summed E-state index contributed by atoms with van der Waals surface area (Å²) in [5.74, 6) is -1.45. The molecule has 0 unspecified atom stereocenters. The molecule has 1 aromatic heterocycles. The van der Waals surface area contributed by atoms with Crippen molar-refractivity contribution in [3.8, 4) is 11.6 Å². The number of aromatic amines is 1. The molecule has 1 amide bonds. The average molecular weight is 289 g/mol. The van der Waals surface area contributed by atoms with Gasteiger partial charge in [-0.25, -0.2) is 9.36 Å². The van der Waals surface area contributed by atoms with Gasteiger partial charge in [0.25, 0.3) is 11.5 Å². The predicted molar refractivity (Wildman–Crippen MR) is 77.2 cm³/mol. The Labute approximate surface area is 119 Å². The van der Waals surface area contributed by atoms with E-state index in [4.69, 9.17) is 0 Å². The molecule has 7 nitrogen and oxygen atoms in total. The second kappa shape index (κ2) is 5.28. The molecule has 21 heavy (non-hydrogen) atoms. The smallest absolute Gasteiger partial charge is 0.335 e. The summed E-state index contributed by atoms with van der Waals surface area (Å²) in [5, 5.41) is 12.5. The monoisotopic (exact) mass is 289 g/mol. The van der Waals surface area contributed by atoms with E-state index in [2.05, 4.69) is 5.32 Å². The Hall–Kier alpha value is -2.83. The third-order valence-corrected chi connectivity index (χ3v) is 3.36. The summed E-state index contributed by atoms with van der Waals surface area (Å²) in [7, 11) is 1.33. The first-order valence-corrected chi connectivity index (χ1v) is 6.25. The Kier molecular flexibility index (Phi) is 3.66. The molecule has 1 aromatic carbocycles. The van der Waals surface area contributed by atoms with Gasteiger partial charge in [0, 0.05) is 7.05 Å². The Morgan fingerprint density at radius 2 is 1.95 bits per heavy atom. The minimum atomic E-state index is -0.932. The summed E-state index contributed by atoms with van der Waals surface area (Å²) in [6.07, 6.45) is 0. The normalized spacial score (nSPS) is 10.4. The number of aryl methyl sites for hydroxylation is 1. The largest absolute Gasteiger partial charge is 0.493 e. The van der Waals surface area contributed by atoms with Crippen LogP contribution in [0, 0.1) is 13.8 Å². The van der Waals surface area contributed by atoms with E-state index in [1.165, 1.54) is 7.05 Å². The van der Waals surface area contributed by atoms with E-state index in [1.807, 2.05) is 18.0 Å². The maximum Gasteiger partial charge on any atom is 0.335 e. The molecule has 1 heterocycles. The lowest BCUT2D eigenvalue weighted by Gasteiger charge is -2.14. The first-order valence-electron chi connectivity index (χ1n) is 6.25. The molecule has 0 aliphatic carbocycles. The zero-order valence-corrected chi connectivity index (χ0v) is 11.9. The maximum atomic E-state index is 12.0. The fourth-order valence-electron chi connectivity index (χ4n) is 2.06. The van der Waals surface area contributed by atoms with Gasteiger partial charge in [0.2, 0.25) is 5.88 Å². The van der Waals surface area contributed by atoms with Gasteiger partial charge in [0.1, 0.15) is 0 Å². The van der Waals surface area contributed by atoms with Crippen molar-refractivity contribution < 1.29 is 9.90 Å². The van der Waals surface area contributed by atoms with Crippen molar-refractivity contribution in [3.63, 3.8) is 0 Å². The Morgan fingerprint density at radius 3 is 2.57 bits per heavy atom. The highest BCUT2D eigenvalue weighted by Crippen LogP contribution is 2.21. The van der Waals surface area contributed by atoms with E-state index in [0.717, 1.165) is 15.7 Å². The highest BCUT2D eigenvalue weighted by atomic mass is 16.3. The molecule has 0 saturated heterocycles. The quantitative estimate of drug-likeness (QED) is 0.735. The summed E-state index contributed by atoms with van der Waals surface area (Å²) >= 11 is 0. The number of aromatic hydroxyl groups is 1. The van der Waals surface area contributed by atoms with Gasteiger partial charge in [-0.2, -0.15) is 0 Å². The fourth-order valence-corrected chi connectivity index (χ4v) is 2.06. The van der Waals surface area contributed by atoms with Gasteiger partial charge in [-0.3, -0.25) is 14.6 Å². The summed E-state index contributed by atoms with van der Waals surface area (Å²) < 4.78 is 0.911. The molecule has 7 heteroatoms. The Morgan fingerprint density at radius 1 is 1.29 bits per heavy atom. The van der Waals surface area contributed by atoms with Gasteiger partial charge in [-0.15, -0.1) is 0 Å². The van der Waals surface area contributed by atoms with Crippen molar-refractivity contribution in [2.24, 2.45) is 0 Å². The van der Waals surface area contributed by atoms with Crippen molar-refractivity contribution in [1.29, 1.82) is 0 Å². The van der Waals surface area contributed by atoms with Gasteiger partial charge in [-0.1, -0.05) is 12.1 Å². The highest BCUT2D eigenvalue weighted by Gasteiger charge is 2.21. The summed E-state index contributed by atoms with van der Waals surface area (Å²) in [5.41, 5.74) is -0.175. The topological polar surface area (TPSA) is 104 Å². The van der Waals surface area contributed by atoms with Gasteiger partial charge < -0.3 is 10.4 Å². The SMILES string of the molecule is CNC(=O)c1c(O)n(-c2cccc(C)c2C)c(=O)[nH]c1=O. The lowest BCUT2D eigenvalue weighted by molar-refractivity contribution is 0.0957. The lowest BCUT2D eigenvalue weighted by Crippen LogP contribution is -2.36. The van der Waals surface area contributed by atoms with Crippen LogP contribution in [0.1, 0.15) is 21.5 Å². The number of nitrogens with one attached hydrogen (secondary N) is 2. The number of carbonyl (C=O) groups excluding carboxylic acids is 1. The first kappa shape index (κ1) is 14.6. The third-order valence-electron chi connectivity index (χ3n) is 3.36. The maximum absolute atomic E-state index is 12.0. The number of rotatable bonds is 2. The molecule has 0 radical (unpaired) electrons. The second-order valence-corrected chi connectivity index (χ2v) is 4.59. The third kappa shape index (κ3) is 2.33. The van der Waals surface area contributed by atoms with Crippen molar-refractivity contribution in [2.45, 2.75) is 13.8 Å². The standard InChI is InChI=1S/C14H15N3O4/c1-7-5-4-6-9(8(7)2)17-13(20)10(11(18)15-3)12(19)16-14(17)21/h4-6,20H,1-3H3,(H,15,18)(H,16,19,21). The molecule has 0 atom stereocenters. The van der Waals surface area contributed by atoms with Gasteiger partial charge in [0.15, 0.2) is 5.56 Å². The van der Waals surface area contributed by atoms with Crippen LogP contribution in [-0.4, -0.2) is 27.6 Å². The highest BCUT2D eigenvalue weighted by molar-refractivity contribution is 5.95. The van der Waals surface area contributed by atoms with Crippen LogP contribution in [0.3, 0.4) is 0 Å². The van der Waals surface area contributed by atoms with Crippen LogP contribution < -0.4 is 16.6 Å². The minimum absolute atomic E-state index is 0.402. The van der Waals surface area contributed by atoms with Gasteiger partial charge in [-0.05, 0) is 31.0 Å². The summed E-state index contributed by atoms with van der Waals surface area (Å²) in [4.78, 5) is 37.4. The number of H-pyrrole nitrogens is 1. The van der Waals surface area contributed by atoms with Crippen LogP contribution in [0.2, 0.25) is 0 Å². The number of benzene rings is 1. The fraction of sp³-hybridized carbons (Fsp3) is 0.214.